The normalized spacial score (nSPS) is 13.9. The van der Waals surface area contributed by atoms with Crippen LogP contribution in [0.4, 0.5) is 0 Å². The summed E-state index contributed by atoms with van der Waals surface area (Å²) in [4.78, 5) is 11.9. The summed E-state index contributed by atoms with van der Waals surface area (Å²) in [6.07, 6.45) is 3.81. The molecule has 1 atom stereocenters. The summed E-state index contributed by atoms with van der Waals surface area (Å²) in [5.41, 5.74) is 1.17. The minimum absolute atomic E-state index is 0.178. The number of esters is 1. The van der Waals surface area contributed by atoms with Gasteiger partial charge >= 0.3 is 5.97 Å². The molecule has 0 aromatic carbocycles. The average Bonchev–Trinajstić information content (AvgIpc) is 2.97. The molecule has 0 fully saturated rings. The highest BCUT2D eigenvalue weighted by Gasteiger charge is 2.32. The molecular weight excluding hydrogens is 294 g/mol. The zero-order chi connectivity index (χ0) is 14.8. The predicted molar refractivity (Wildman–Crippen MR) is 83.2 cm³/mol. The van der Waals surface area contributed by atoms with Crippen molar-refractivity contribution in [3.8, 4) is 0 Å². The predicted octanol–water partition coefficient (Wildman–Crippen LogP) is 2.73. The lowest BCUT2D eigenvalue weighted by atomic mass is 9.95. The largest absolute Gasteiger partial charge is 0.468 e. The lowest BCUT2D eigenvalue weighted by Gasteiger charge is -2.28. The third-order valence-corrected chi connectivity index (χ3v) is 4.98. The Labute approximate surface area is 128 Å². The van der Waals surface area contributed by atoms with Gasteiger partial charge in [-0.3, -0.25) is 4.79 Å². The van der Waals surface area contributed by atoms with Gasteiger partial charge in [-0.05, 0) is 32.7 Å². The summed E-state index contributed by atoms with van der Waals surface area (Å²) in [6, 6.07) is 0. The van der Waals surface area contributed by atoms with Crippen LogP contribution < -0.4 is 5.32 Å². The molecule has 0 aliphatic heterocycles. The van der Waals surface area contributed by atoms with E-state index in [9.17, 15) is 4.79 Å². The zero-order valence-corrected chi connectivity index (χ0v) is 14.0. The number of rotatable bonds is 10. The topological polar surface area (TPSA) is 64.1 Å². The molecular formula is C13H23N3O2S2. The monoisotopic (exact) mass is 317 g/mol. The van der Waals surface area contributed by atoms with Crippen LogP contribution in [0.3, 0.4) is 0 Å². The molecule has 0 bridgehead atoms. The Morgan fingerprint density at radius 2 is 2.35 bits per heavy atom. The molecule has 0 aliphatic carbocycles. The SMILES string of the molecule is CCCNC(C)(CCCCSc1nncs1)C(=O)OC. The van der Waals surface area contributed by atoms with E-state index in [0.29, 0.717) is 0 Å². The standard InChI is InChI=1S/C13H23N3O2S2/c1-4-8-14-13(2,11(17)18-3)7-5-6-9-19-12-16-15-10-20-12/h10,14H,4-9H2,1-3H3. The van der Waals surface area contributed by atoms with Crippen LogP contribution in [0.1, 0.15) is 39.5 Å². The van der Waals surface area contributed by atoms with E-state index in [2.05, 4.69) is 22.4 Å². The molecule has 0 aliphatic rings. The second kappa shape index (κ2) is 9.31. The van der Waals surface area contributed by atoms with Crippen molar-refractivity contribution < 1.29 is 9.53 Å². The molecule has 1 heterocycles. The Bertz CT molecular complexity index is 387. The van der Waals surface area contributed by atoms with E-state index in [1.165, 1.54) is 7.11 Å². The lowest BCUT2D eigenvalue weighted by molar-refractivity contribution is -0.148. The first kappa shape index (κ1) is 17.4. The lowest BCUT2D eigenvalue weighted by Crippen LogP contribution is -2.50. The van der Waals surface area contributed by atoms with Gasteiger partial charge in [0.1, 0.15) is 11.0 Å². The van der Waals surface area contributed by atoms with Gasteiger partial charge in [-0.25, -0.2) is 0 Å². The molecule has 0 radical (unpaired) electrons. The number of carbonyl (C=O) groups excluding carboxylic acids is 1. The van der Waals surface area contributed by atoms with E-state index < -0.39 is 5.54 Å². The molecule has 114 valence electrons. The van der Waals surface area contributed by atoms with Crippen molar-refractivity contribution in [2.45, 2.75) is 49.4 Å². The zero-order valence-electron chi connectivity index (χ0n) is 12.3. The van der Waals surface area contributed by atoms with Crippen molar-refractivity contribution >= 4 is 29.1 Å². The highest BCUT2D eigenvalue weighted by molar-refractivity contribution is 8.00. The smallest absolute Gasteiger partial charge is 0.325 e. The maximum absolute atomic E-state index is 11.9. The maximum Gasteiger partial charge on any atom is 0.325 e. The molecule has 1 aromatic rings. The van der Waals surface area contributed by atoms with Crippen molar-refractivity contribution in [2.75, 3.05) is 19.4 Å². The van der Waals surface area contributed by atoms with Gasteiger partial charge in [0, 0.05) is 5.75 Å². The van der Waals surface area contributed by atoms with E-state index in [1.807, 2.05) is 6.92 Å². The van der Waals surface area contributed by atoms with Gasteiger partial charge in [-0.15, -0.1) is 10.2 Å². The van der Waals surface area contributed by atoms with Crippen LogP contribution in [0.5, 0.6) is 0 Å². The van der Waals surface area contributed by atoms with E-state index in [4.69, 9.17) is 4.74 Å². The molecule has 20 heavy (non-hydrogen) atoms. The van der Waals surface area contributed by atoms with Gasteiger partial charge in [-0.1, -0.05) is 36.4 Å². The van der Waals surface area contributed by atoms with E-state index >= 15 is 0 Å². The summed E-state index contributed by atoms with van der Waals surface area (Å²) < 4.78 is 5.91. The van der Waals surface area contributed by atoms with Gasteiger partial charge in [-0.2, -0.15) is 0 Å². The van der Waals surface area contributed by atoms with Crippen LogP contribution in [0.2, 0.25) is 0 Å². The van der Waals surface area contributed by atoms with E-state index in [0.717, 1.165) is 42.3 Å². The Morgan fingerprint density at radius 3 is 2.95 bits per heavy atom. The first-order chi connectivity index (χ1) is 9.62. The van der Waals surface area contributed by atoms with Crippen LogP contribution in [0.15, 0.2) is 9.85 Å². The number of nitrogens with zero attached hydrogens (tertiary/aromatic N) is 2. The van der Waals surface area contributed by atoms with Gasteiger partial charge in [0.15, 0.2) is 4.34 Å². The van der Waals surface area contributed by atoms with Gasteiger partial charge in [0.05, 0.1) is 7.11 Å². The van der Waals surface area contributed by atoms with Crippen LogP contribution >= 0.6 is 23.1 Å². The Kier molecular flexibility index (Phi) is 8.09. The number of hydrogen-bond donors (Lipinski definition) is 1. The molecule has 1 rings (SSSR count). The molecule has 7 heteroatoms. The fraction of sp³-hybridized carbons (Fsp3) is 0.769. The highest BCUT2D eigenvalue weighted by Crippen LogP contribution is 2.22. The van der Waals surface area contributed by atoms with E-state index in [-0.39, 0.29) is 5.97 Å². The summed E-state index contributed by atoms with van der Waals surface area (Å²) in [6.45, 7) is 4.83. The Morgan fingerprint density at radius 1 is 1.55 bits per heavy atom. The number of carbonyl (C=O) groups is 1. The van der Waals surface area contributed by atoms with Crippen molar-refractivity contribution in [3.63, 3.8) is 0 Å². The Balaban J connectivity index is 2.29. The van der Waals surface area contributed by atoms with Crippen LogP contribution in [0.25, 0.3) is 0 Å². The molecule has 1 unspecified atom stereocenters. The van der Waals surface area contributed by atoms with E-state index in [1.54, 1.807) is 28.6 Å². The van der Waals surface area contributed by atoms with Crippen molar-refractivity contribution in [2.24, 2.45) is 0 Å². The average molecular weight is 317 g/mol. The minimum Gasteiger partial charge on any atom is -0.468 e. The minimum atomic E-state index is -0.571. The maximum atomic E-state index is 11.9. The van der Waals surface area contributed by atoms with Gasteiger partial charge in [0.25, 0.3) is 0 Å². The van der Waals surface area contributed by atoms with Crippen molar-refractivity contribution in [3.05, 3.63) is 5.51 Å². The Hall–Kier alpha value is -0.660. The fourth-order valence-corrected chi connectivity index (χ4v) is 3.41. The number of hydrogen-bond acceptors (Lipinski definition) is 7. The molecule has 0 saturated carbocycles. The number of ether oxygens (including phenoxy) is 1. The fourth-order valence-electron chi connectivity index (χ4n) is 1.85. The summed E-state index contributed by atoms with van der Waals surface area (Å²) in [5.74, 6) is 0.822. The molecule has 0 saturated heterocycles. The molecule has 1 aromatic heterocycles. The molecule has 1 N–H and O–H groups in total. The number of methoxy groups -OCH3 is 1. The van der Waals surface area contributed by atoms with Gasteiger partial charge in [0.2, 0.25) is 0 Å². The second-order valence-electron chi connectivity index (χ2n) is 4.76. The van der Waals surface area contributed by atoms with Crippen LogP contribution in [0, 0.1) is 0 Å². The molecule has 5 nitrogen and oxygen atoms in total. The van der Waals surface area contributed by atoms with Crippen LogP contribution in [-0.4, -0.2) is 41.1 Å². The molecule has 0 spiro atoms. The number of unbranched alkanes of at least 4 members (excludes halogenated alkanes) is 1. The number of aromatic nitrogens is 2. The first-order valence-corrected chi connectivity index (χ1v) is 8.71. The third kappa shape index (κ3) is 5.76. The van der Waals surface area contributed by atoms with Gasteiger partial charge < -0.3 is 10.1 Å². The molecule has 0 amide bonds. The number of nitrogens with one attached hydrogen (secondary N) is 1. The summed E-state index contributed by atoms with van der Waals surface area (Å²) >= 11 is 3.28. The first-order valence-electron chi connectivity index (χ1n) is 6.85. The second-order valence-corrected chi connectivity index (χ2v) is 6.94. The summed E-state index contributed by atoms with van der Waals surface area (Å²) in [5, 5.41) is 11.1. The quantitative estimate of drug-likeness (QED) is 0.407. The third-order valence-electron chi connectivity index (χ3n) is 3.04. The van der Waals surface area contributed by atoms with Crippen molar-refractivity contribution in [1.29, 1.82) is 0 Å². The summed E-state index contributed by atoms with van der Waals surface area (Å²) in [7, 11) is 1.44. The van der Waals surface area contributed by atoms with Crippen molar-refractivity contribution in [1.82, 2.24) is 15.5 Å². The highest BCUT2D eigenvalue weighted by atomic mass is 32.2. The number of thioether (sulfide) groups is 1. The van der Waals surface area contributed by atoms with Crippen LogP contribution in [-0.2, 0) is 9.53 Å².